The van der Waals surface area contributed by atoms with Gasteiger partial charge in [-0.3, -0.25) is 9.79 Å². The van der Waals surface area contributed by atoms with Crippen LogP contribution in [0.4, 0.5) is 13.2 Å². The summed E-state index contributed by atoms with van der Waals surface area (Å²) >= 11 is 0. The van der Waals surface area contributed by atoms with Crippen molar-refractivity contribution in [3.8, 4) is 17.2 Å². The number of hydrogen-bond donors (Lipinski definition) is 1. The molecule has 9 heteroatoms. The third-order valence-corrected chi connectivity index (χ3v) is 5.42. The van der Waals surface area contributed by atoms with Crippen LogP contribution in [0.15, 0.2) is 53.2 Å². The highest BCUT2D eigenvalue weighted by molar-refractivity contribution is 6.12. The summed E-state index contributed by atoms with van der Waals surface area (Å²) < 4.78 is 56.4. The summed E-state index contributed by atoms with van der Waals surface area (Å²) in [4.78, 5) is 16.5. The molecule has 1 atom stereocenters. The largest absolute Gasteiger partial charge is 0.497 e. The van der Waals surface area contributed by atoms with E-state index in [1.807, 2.05) is 6.08 Å². The minimum absolute atomic E-state index is 0.0246. The molecule has 0 saturated carbocycles. The molecule has 4 rings (SSSR count). The lowest BCUT2D eigenvalue weighted by Gasteiger charge is -2.25. The van der Waals surface area contributed by atoms with Crippen LogP contribution in [0.3, 0.4) is 0 Å². The number of benzene rings is 2. The number of nitrogens with zero attached hydrogens (tertiary/aromatic N) is 1. The Balaban J connectivity index is 1.58. The average molecular weight is 446 g/mol. The number of fused-ring (bicyclic) bond motifs is 1. The second kappa shape index (κ2) is 8.57. The Hall–Kier alpha value is -3.49. The van der Waals surface area contributed by atoms with Gasteiger partial charge in [0.2, 0.25) is 5.91 Å². The van der Waals surface area contributed by atoms with Crippen LogP contribution in [0.5, 0.6) is 17.2 Å². The first-order valence-corrected chi connectivity index (χ1v) is 9.89. The molecule has 1 fully saturated rings. The highest BCUT2D eigenvalue weighted by Crippen LogP contribution is 2.38. The van der Waals surface area contributed by atoms with E-state index in [-0.39, 0.29) is 36.2 Å². The first-order chi connectivity index (χ1) is 15.3. The Morgan fingerprint density at radius 2 is 1.91 bits per heavy atom. The predicted octanol–water partition coefficient (Wildman–Crippen LogP) is 4.24. The van der Waals surface area contributed by atoms with Crippen LogP contribution in [-0.2, 0) is 17.6 Å². The van der Waals surface area contributed by atoms with Gasteiger partial charge in [-0.05, 0) is 35.9 Å². The van der Waals surface area contributed by atoms with E-state index < -0.39 is 11.7 Å². The highest BCUT2D eigenvalue weighted by atomic mass is 19.4. The van der Waals surface area contributed by atoms with Gasteiger partial charge in [-0.2, -0.15) is 13.2 Å². The van der Waals surface area contributed by atoms with Crippen LogP contribution in [0.2, 0.25) is 0 Å². The molecule has 0 spiro atoms. The van der Waals surface area contributed by atoms with Crippen molar-refractivity contribution in [3.05, 3.63) is 64.9 Å². The molecule has 0 aliphatic carbocycles. The zero-order valence-corrected chi connectivity index (χ0v) is 17.5. The van der Waals surface area contributed by atoms with E-state index in [2.05, 4.69) is 10.3 Å². The van der Waals surface area contributed by atoms with E-state index in [1.165, 1.54) is 26.4 Å². The topological polar surface area (TPSA) is 69.2 Å². The lowest BCUT2D eigenvalue weighted by Crippen LogP contribution is -2.37. The molecule has 2 aromatic carbocycles. The van der Waals surface area contributed by atoms with Gasteiger partial charge in [0, 0.05) is 17.9 Å². The fourth-order valence-corrected chi connectivity index (χ4v) is 3.84. The Morgan fingerprint density at radius 1 is 1.09 bits per heavy atom. The summed E-state index contributed by atoms with van der Waals surface area (Å²) in [5, 5.41) is 2.82. The van der Waals surface area contributed by atoms with E-state index >= 15 is 0 Å². The van der Waals surface area contributed by atoms with Gasteiger partial charge in [0.25, 0.3) is 0 Å². The highest BCUT2D eigenvalue weighted by Gasteiger charge is 2.34. The van der Waals surface area contributed by atoms with Crippen LogP contribution in [-0.4, -0.2) is 32.4 Å². The molecule has 1 unspecified atom stereocenters. The molecule has 2 heterocycles. The molecule has 0 radical (unpaired) electrons. The van der Waals surface area contributed by atoms with Crippen molar-refractivity contribution in [3.63, 3.8) is 0 Å². The number of alkyl halides is 3. The number of hydrogen-bond acceptors (Lipinski definition) is 5. The van der Waals surface area contributed by atoms with Gasteiger partial charge >= 0.3 is 6.18 Å². The maximum absolute atomic E-state index is 13.4. The molecule has 32 heavy (non-hydrogen) atoms. The lowest BCUT2D eigenvalue weighted by atomic mass is 9.86. The maximum Gasteiger partial charge on any atom is 0.416 e. The molecule has 168 valence electrons. The average Bonchev–Trinajstić information content (AvgIpc) is 3.24. The summed E-state index contributed by atoms with van der Waals surface area (Å²) in [5.74, 6) is 0.450. The summed E-state index contributed by atoms with van der Waals surface area (Å²) in [6, 6.07) is 8.87. The van der Waals surface area contributed by atoms with Crippen molar-refractivity contribution in [1.29, 1.82) is 0 Å². The van der Waals surface area contributed by atoms with Gasteiger partial charge in [-0.25, -0.2) is 0 Å². The molecule has 6 nitrogen and oxygen atoms in total. The Labute approximate surface area is 182 Å². The second-order valence-electron chi connectivity index (χ2n) is 7.37. The molecular formula is C23H21F3N2O4. The SMILES string of the molecule is COc1ccc(COc2ccc(C3CC(=O)NC4=CCN=C43)cc2OC)c(C(F)(F)F)c1. The van der Waals surface area contributed by atoms with Crippen molar-refractivity contribution in [2.75, 3.05) is 20.8 Å². The van der Waals surface area contributed by atoms with Crippen molar-refractivity contribution in [1.82, 2.24) is 5.32 Å². The minimum atomic E-state index is -4.55. The monoisotopic (exact) mass is 446 g/mol. The van der Waals surface area contributed by atoms with Crippen molar-refractivity contribution in [2.45, 2.75) is 25.1 Å². The number of carbonyl (C=O) groups excluding carboxylic acids is 1. The maximum atomic E-state index is 13.4. The fraction of sp³-hybridized carbons (Fsp3) is 0.304. The number of piperidine rings is 1. The first kappa shape index (κ1) is 21.7. The number of methoxy groups -OCH3 is 2. The smallest absolute Gasteiger partial charge is 0.416 e. The normalized spacial score (nSPS) is 17.8. The van der Waals surface area contributed by atoms with Gasteiger partial charge < -0.3 is 19.5 Å². The molecule has 1 saturated heterocycles. The van der Waals surface area contributed by atoms with Crippen LogP contribution in [0, 0.1) is 0 Å². The summed E-state index contributed by atoms with van der Waals surface area (Å²) in [7, 11) is 2.76. The van der Waals surface area contributed by atoms with E-state index in [0.717, 1.165) is 23.0 Å². The molecular weight excluding hydrogens is 425 g/mol. The molecule has 0 aromatic heterocycles. The first-order valence-electron chi connectivity index (χ1n) is 9.89. The standard InChI is InChI=1S/C23H21F3N2O4/c1-30-15-5-3-14(17(10-15)23(24,25)26)12-32-19-6-4-13(9-20(19)31-2)16-11-21(29)28-18-7-8-27-22(16)18/h3-7,9-10,16H,8,11-12H2,1-2H3,(H,28,29). The number of carbonyl (C=O) groups is 1. The molecule has 2 aliphatic rings. The van der Waals surface area contributed by atoms with Crippen LogP contribution >= 0.6 is 0 Å². The van der Waals surface area contributed by atoms with Gasteiger partial charge in [0.15, 0.2) is 11.5 Å². The van der Waals surface area contributed by atoms with Crippen LogP contribution in [0.1, 0.15) is 29.0 Å². The number of amides is 1. The summed E-state index contributed by atoms with van der Waals surface area (Å²) in [6.45, 7) is 0.211. The van der Waals surface area contributed by atoms with Crippen molar-refractivity contribution >= 4 is 11.6 Å². The third-order valence-electron chi connectivity index (χ3n) is 5.42. The number of nitrogens with one attached hydrogen (secondary N) is 1. The zero-order chi connectivity index (χ0) is 22.9. The number of rotatable bonds is 6. The van der Waals surface area contributed by atoms with Gasteiger partial charge in [-0.15, -0.1) is 0 Å². The van der Waals surface area contributed by atoms with Crippen LogP contribution < -0.4 is 19.5 Å². The van der Waals surface area contributed by atoms with E-state index in [1.54, 1.807) is 18.2 Å². The van der Waals surface area contributed by atoms with Crippen molar-refractivity contribution < 1.29 is 32.2 Å². The Bertz CT molecular complexity index is 1110. The fourth-order valence-electron chi connectivity index (χ4n) is 3.84. The molecule has 0 bridgehead atoms. The number of ether oxygens (including phenoxy) is 3. The molecule has 1 N–H and O–H groups in total. The summed E-state index contributed by atoms with van der Waals surface area (Å²) in [6.07, 6.45) is -2.43. The van der Waals surface area contributed by atoms with Gasteiger partial charge in [-0.1, -0.05) is 12.1 Å². The molecule has 1 amide bonds. The third kappa shape index (κ3) is 4.28. The number of halogens is 3. The lowest BCUT2D eigenvalue weighted by molar-refractivity contribution is -0.138. The zero-order valence-electron chi connectivity index (χ0n) is 17.5. The van der Waals surface area contributed by atoms with Crippen molar-refractivity contribution in [2.24, 2.45) is 4.99 Å². The van der Waals surface area contributed by atoms with E-state index in [0.29, 0.717) is 18.0 Å². The molecule has 2 aromatic rings. The molecule has 2 aliphatic heterocycles. The van der Waals surface area contributed by atoms with Gasteiger partial charge in [0.1, 0.15) is 12.4 Å². The summed E-state index contributed by atoms with van der Waals surface area (Å²) in [5.41, 5.74) is 1.51. The van der Waals surface area contributed by atoms with Crippen LogP contribution in [0.25, 0.3) is 0 Å². The van der Waals surface area contributed by atoms with E-state index in [4.69, 9.17) is 14.2 Å². The predicted molar refractivity (Wildman–Crippen MR) is 111 cm³/mol. The van der Waals surface area contributed by atoms with Gasteiger partial charge in [0.05, 0.1) is 37.7 Å². The second-order valence-corrected chi connectivity index (χ2v) is 7.37. The number of allylic oxidation sites excluding steroid dienone is 1. The quantitative estimate of drug-likeness (QED) is 0.721. The van der Waals surface area contributed by atoms with E-state index in [9.17, 15) is 18.0 Å². The Kier molecular flexibility index (Phi) is 5.82. The number of aliphatic imine (C=N–C) groups is 1. The Morgan fingerprint density at radius 3 is 2.62 bits per heavy atom. The minimum Gasteiger partial charge on any atom is -0.497 e.